The molecule has 3 nitrogen and oxygen atoms in total. The highest BCUT2D eigenvalue weighted by atomic mass is 32.1. The van der Waals surface area contributed by atoms with Crippen molar-refractivity contribution in [3.8, 4) is 0 Å². The topological polar surface area (TPSA) is 49.3 Å². The smallest absolute Gasteiger partial charge is 0.317 e. The maximum atomic E-state index is 10.4. The quantitative estimate of drug-likeness (QED) is 0.856. The second-order valence-corrected chi connectivity index (χ2v) is 4.80. The first-order chi connectivity index (χ1) is 7.66. The Hall–Kier alpha value is -1.39. The summed E-state index contributed by atoms with van der Waals surface area (Å²) >= 11 is 1.70. The molecule has 2 aromatic rings. The first kappa shape index (κ1) is 11.1. The summed E-state index contributed by atoms with van der Waals surface area (Å²) in [7, 11) is 0. The van der Waals surface area contributed by atoms with Crippen LogP contribution in [0.1, 0.15) is 17.8 Å². The molecule has 0 fully saturated rings. The van der Waals surface area contributed by atoms with Crippen LogP contribution in [0.4, 0.5) is 0 Å². The Morgan fingerprint density at radius 1 is 1.50 bits per heavy atom. The number of hydrogen-bond acceptors (Lipinski definition) is 3. The van der Waals surface area contributed by atoms with Gasteiger partial charge in [-0.15, -0.1) is 11.3 Å². The van der Waals surface area contributed by atoms with Crippen LogP contribution in [0.2, 0.25) is 0 Å². The summed E-state index contributed by atoms with van der Waals surface area (Å²) in [5.74, 6) is -0.826. The number of hydrogen-bond donors (Lipinski definition) is 2. The predicted octanol–water partition coefficient (Wildman–Crippen LogP) is 2.64. The Morgan fingerprint density at radius 3 is 2.94 bits per heavy atom. The van der Waals surface area contributed by atoms with Crippen molar-refractivity contribution in [1.82, 2.24) is 5.32 Å². The highest BCUT2D eigenvalue weighted by Crippen LogP contribution is 2.29. The van der Waals surface area contributed by atoms with Crippen LogP contribution in [-0.4, -0.2) is 17.6 Å². The Bertz CT molecular complexity index is 473. The van der Waals surface area contributed by atoms with E-state index < -0.39 is 5.97 Å². The van der Waals surface area contributed by atoms with Crippen LogP contribution in [0.3, 0.4) is 0 Å². The lowest BCUT2D eigenvalue weighted by Gasteiger charge is -2.08. The lowest BCUT2D eigenvalue weighted by molar-refractivity contribution is -0.136. The van der Waals surface area contributed by atoms with Crippen LogP contribution in [0, 0.1) is 0 Å². The fourth-order valence-corrected chi connectivity index (χ4v) is 2.65. The van der Waals surface area contributed by atoms with E-state index in [2.05, 4.69) is 23.5 Å². The van der Waals surface area contributed by atoms with Crippen LogP contribution in [0.5, 0.6) is 0 Å². The number of fused-ring (bicyclic) bond motifs is 1. The number of benzene rings is 1. The molecule has 0 aliphatic rings. The van der Waals surface area contributed by atoms with Crippen molar-refractivity contribution in [3.63, 3.8) is 0 Å². The summed E-state index contributed by atoms with van der Waals surface area (Å²) in [6.45, 7) is 1.98. The molecule has 4 heteroatoms. The lowest BCUT2D eigenvalue weighted by Crippen LogP contribution is -2.24. The lowest BCUT2D eigenvalue weighted by atomic mass is 10.2. The minimum Gasteiger partial charge on any atom is -0.480 e. The first-order valence-electron chi connectivity index (χ1n) is 5.10. The molecule has 1 atom stereocenters. The van der Waals surface area contributed by atoms with Crippen molar-refractivity contribution in [2.45, 2.75) is 13.0 Å². The monoisotopic (exact) mass is 235 g/mol. The Labute approximate surface area is 97.7 Å². The van der Waals surface area contributed by atoms with E-state index in [1.807, 2.05) is 19.1 Å². The zero-order chi connectivity index (χ0) is 11.5. The molecular formula is C12H13NO2S. The summed E-state index contributed by atoms with van der Waals surface area (Å²) in [6, 6.07) is 10.4. The van der Waals surface area contributed by atoms with E-state index in [1.165, 1.54) is 15.0 Å². The number of carboxylic acids is 1. The van der Waals surface area contributed by atoms with Crippen LogP contribution in [-0.2, 0) is 4.79 Å². The average Bonchev–Trinajstić information content (AvgIpc) is 2.69. The van der Waals surface area contributed by atoms with Crippen molar-refractivity contribution in [3.05, 3.63) is 35.2 Å². The van der Waals surface area contributed by atoms with Gasteiger partial charge < -0.3 is 5.11 Å². The molecule has 2 N–H and O–H groups in total. The number of aliphatic carboxylic acids is 1. The predicted molar refractivity (Wildman–Crippen MR) is 65.9 cm³/mol. The molecule has 0 aliphatic carbocycles. The van der Waals surface area contributed by atoms with Crippen molar-refractivity contribution >= 4 is 27.4 Å². The molecule has 0 radical (unpaired) electrons. The zero-order valence-electron chi connectivity index (χ0n) is 8.93. The van der Waals surface area contributed by atoms with Crippen molar-refractivity contribution in [2.24, 2.45) is 0 Å². The van der Waals surface area contributed by atoms with Crippen LogP contribution >= 0.6 is 11.3 Å². The third-order valence-electron chi connectivity index (χ3n) is 2.43. The molecule has 0 saturated carbocycles. The van der Waals surface area contributed by atoms with Gasteiger partial charge in [0.1, 0.15) is 0 Å². The molecule has 1 aromatic carbocycles. The number of carbonyl (C=O) groups is 1. The van der Waals surface area contributed by atoms with Crippen LogP contribution in [0.25, 0.3) is 10.1 Å². The van der Waals surface area contributed by atoms with Crippen LogP contribution in [0.15, 0.2) is 30.3 Å². The maximum absolute atomic E-state index is 10.4. The summed E-state index contributed by atoms with van der Waals surface area (Å²) in [4.78, 5) is 11.6. The molecule has 16 heavy (non-hydrogen) atoms. The zero-order valence-corrected chi connectivity index (χ0v) is 9.75. The molecule has 84 valence electrons. The van der Waals surface area contributed by atoms with E-state index >= 15 is 0 Å². The van der Waals surface area contributed by atoms with Gasteiger partial charge in [0.2, 0.25) is 0 Å². The van der Waals surface area contributed by atoms with Gasteiger partial charge in [-0.1, -0.05) is 18.2 Å². The van der Waals surface area contributed by atoms with E-state index in [0.29, 0.717) is 0 Å². The third kappa shape index (κ3) is 2.40. The Morgan fingerprint density at radius 2 is 2.25 bits per heavy atom. The number of rotatable bonds is 4. The van der Waals surface area contributed by atoms with Gasteiger partial charge in [-0.2, -0.15) is 0 Å². The fourth-order valence-electron chi connectivity index (χ4n) is 1.56. The van der Waals surface area contributed by atoms with Gasteiger partial charge in [0.15, 0.2) is 0 Å². The standard InChI is InChI=1S/C12H13NO2S/c1-8(13-7-12(14)15)11-6-9-4-2-3-5-10(9)16-11/h2-6,8,13H,7H2,1H3,(H,14,15). The molecule has 2 rings (SSSR count). The van der Waals surface area contributed by atoms with E-state index in [4.69, 9.17) is 5.11 Å². The Kier molecular flexibility index (Phi) is 3.22. The van der Waals surface area contributed by atoms with E-state index in [-0.39, 0.29) is 12.6 Å². The molecule has 1 unspecified atom stereocenters. The second-order valence-electron chi connectivity index (χ2n) is 3.68. The van der Waals surface area contributed by atoms with Gasteiger partial charge in [-0.3, -0.25) is 10.1 Å². The summed E-state index contributed by atoms with van der Waals surface area (Å²) in [6.07, 6.45) is 0. The molecule has 0 bridgehead atoms. The van der Waals surface area contributed by atoms with Crippen LogP contribution < -0.4 is 5.32 Å². The van der Waals surface area contributed by atoms with Gasteiger partial charge in [0.25, 0.3) is 0 Å². The SMILES string of the molecule is CC(NCC(=O)O)c1cc2ccccc2s1. The molecule has 1 aromatic heterocycles. The third-order valence-corrected chi connectivity index (χ3v) is 3.73. The van der Waals surface area contributed by atoms with E-state index in [1.54, 1.807) is 11.3 Å². The summed E-state index contributed by atoms with van der Waals surface area (Å²) in [5, 5.41) is 12.8. The average molecular weight is 235 g/mol. The van der Waals surface area contributed by atoms with Gasteiger partial charge in [0.05, 0.1) is 6.54 Å². The minimum atomic E-state index is -0.826. The molecular weight excluding hydrogens is 222 g/mol. The summed E-state index contributed by atoms with van der Waals surface area (Å²) in [5.41, 5.74) is 0. The van der Waals surface area contributed by atoms with Crippen molar-refractivity contribution < 1.29 is 9.90 Å². The number of carboxylic acid groups (broad SMARTS) is 1. The van der Waals surface area contributed by atoms with E-state index in [0.717, 1.165) is 0 Å². The molecule has 0 spiro atoms. The maximum Gasteiger partial charge on any atom is 0.317 e. The van der Waals surface area contributed by atoms with Gasteiger partial charge >= 0.3 is 5.97 Å². The highest BCUT2D eigenvalue weighted by Gasteiger charge is 2.09. The second kappa shape index (κ2) is 4.63. The molecule has 0 aliphatic heterocycles. The van der Waals surface area contributed by atoms with Gasteiger partial charge in [-0.05, 0) is 24.4 Å². The van der Waals surface area contributed by atoms with Gasteiger partial charge in [-0.25, -0.2) is 0 Å². The normalized spacial score (nSPS) is 12.8. The van der Waals surface area contributed by atoms with Gasteiger partial charge in [0, 0.05) is 15.6 Å². The summed E-state index contributed by atoms with van der Waals surface area (Å²) < 4.78 is 1.24. The van der Waals surface area contributed by atoms with E-state index in [9.17, 15) is 4.79 Å². The minimum absolute atomic E-state index is 0.00455. The molecule has 1 heterocycles. The van der Waals surface area contributed by atoms with Crippen molar-refractivity contribution in [2.75, 3.05) is 6.54 Å². The highest BCUT2D eigenvalue weighted by molar-refractivity contribution is 7.19. The fraction of sp³-hybridized carbons (Fsp3) is 0.250. The number of thiophene rings is 1. The first-order valence-corrected chi connectivity index (χ1v) is 5.92. The molecule has 0 amide bonds. The molecule has 0 saturated heterocycles. The largest absolute Gasteiger partial charge is 0.480 e. The number of nitrogens with one attached hydrogen (secondary N) is 1. The van der Waals surface area contributed by atoms with Crippen molar-refractivity contribution in [1.29, 1.82) is 0 Å². The Balaban J connectivity index is 2.16.